The minimum atomic E-state index is -1.22. The molecule has 0 saturated heterocycles. The van der Waals surface area contributed by atoms with Gasteiger partial charge in [0, 0.05) is 85.5 Å². The molecule has 4 bridgehead atoms. The van der Waals surface area contributed by atoms with Gasteiger partial charge in [0.25, 0.3) is 0 Å². The number of hydrogen-bond donors (Lipinski definition) is 4. The molecule has 0 spiro atoms. The van der Waals surface area contributed by atoms with Crippen LogP contribution in [0.5, 0.6) is 11.5 Å². The molecule has 0 unspecified atom stereocenters. The zero-order valence-corrected chi connectivity index (χ0v) is 36.2. The summed E-state index contributed by atoms with van der Waals surface area (Å²) in [5, 5.41) is 12.1. The molecule has 0 saturated carbocycles. The van der Waals surface area contributed by atoms with Crippen LogP contribution >= 0.6 is 0 Å². The second-order valence-electron chi connectivity index (χ2n) is 15.7. The predicted molar refractivity (Wildman–Crippen MR) is 240 cm³/mol. The number of aryl methyl sites for hydroxylation is 1. The average Bonchev–Trinajstić information content (AvgIpc) is 3.28. The SMILES string of the molecule is Cc1cc(C#Cc2ccccc2)ccc1C(=O)C[C@@H](CCN)C(=O)N(C)[C@@H]1C(=O)C[C@@H](C)C(=O)N[C@H](C(=O)CCC#N)Cc2ccc(OCCN)c(c2)-c2cc1ccc2OCCN. The largest absolute Gasteiger partial charge is 0.492 e. The molecular formula is C50H56N6O7. The number of amides is 2. The first-order valence-electron chi connectivity index (χ1n) is 21.2. The minimum absolute atomic E-state index is 0.0277. The second kappa shape index (κ2) is 23.0. The summed E-state index contributed by atoms with van der Waals surface area (Å²) in [4.78, 5) is 71.9. The lowest BCUT2D eigenvalue weighted by atomic mass is 9.88. The number of ketones is 3. The monoisotopic (exact) mass is 852 g/mol. The number of carbonyl (C=O) groups is 5. The highest BCUT2D eigenvalue weighted by molar-refractivity contribution is 6.01. The van der Waals surface area contributed by atoms with Gasteiger partial charge in [0.05, 0.1) is 12.1 Å². The quantitative estimate of drug-likeness (QED) is 0.0870. The van der Waals surface area contributed by atoms with Gasteiger partial charge in [0.2, 0.25) is 11.8 Å². The number of nitrogens with zero attached hydrogens (tertiary/aromatic N) is 2. The molecule has 5 rings (SSSR count). The Morgan fingerprint density at radius 3 is 2.16 bits per heavy atom. The minimum Gasteiger partial charge on any atom is -0.492 e. The summed E-state index contributed by atoms with van der Waals surface area (Å²) in [6.07, 6.45) is -0.283. The van der Waals surface area contributed by atoms with Crippen molar-refractivity contribution in [2.45, 2.75) is 64.5 Å². The molecule has 63 heavy (non-hydrogen) atoms. The molecule has 328 valence electrons. The van der Waals surface area contributed by atoms with E-state index in [0.717, 1.165) is 11.1 Å². The molecule has 1 heterocycles. The zero-order valence-electron chi connectivity index (χ0n) is 36.2. The Balaban J connectivity index is 1.56. The number of hydrogen-bond acceptors (Lipinski definition) is 11. The Kier molecular flexibility index (Phi) is 17.3. The van der Waals surface area contributed by atoms with E-state index in [2.05, 4.69) is 17.2 Å². The van der Waals surface area contributed by atoms with Gasteiger partial charge in [-0.15, -0.1) is 0 Å². The van der Waals surface area contributed by atoms with Gasteiger partial charge in [-0.05, 0) is 97.6 Å². The number of carbonyl (C=O) groups excluding carboxylic acids is 5. The fourth-order valence-corrected chi connectivity index (χ4v) is 7.70. The smallest absolute Gasteiger partial charge is 0.226 e. The summed E-state index contributed by atoms with van der Waals surface area (Å²) < 4.78 is 12.2. The summed E-state index contributed by atoms with van der Waals surface area (Å²) in [7, 11) is 1.51. The van der Waals surface area contributed by atoms with Crippen LogP contribution in [0.4, 0.5) is 0 Å². The van der Waals surface area contributed by atoms with Crippen LogP contribution in [-0.2, 0) is 25.6 Å². The van der Waals surface area contributed by atoms with Crippen LogP contribution in [-0.4, -0.2) is 80.0 Å². The number of nitrogens with one attached hydrogen (secondary N) is 1. The second-order valence-corrected chi connectivity index (χ2v) is 15.7. The fraction of sp³-hybridized carbons (Fsp3) is 0.360. The summed E-state index contributed by atoms with van der Waals surface area (Å²) in [5.74, 6) is 3.29. The number of nitriles is 1. The van der Waals surface area contributed by atoms with E-state index in [0.29, 0.717) is 44.9 Å². The topological polar surface area (TPSA) is 221 Å². The third-order valence-corrected chi connectivity index (χ3v) is 11.0. The standard InChI is InChI=1S/C50H56N6O7/c1-32-26-35(12-11-34-8-5-4-6-9-34)13-16-39(32)44(58)31-38(19-21-52)50(61)56(3)48-37-15-18-47(63-25-23-54)41(30-37)40-28-36(14-17-46(40)62-24-22-53)29-42(43(57)10-7-20-51)55-49(60)33(2)27-45(48)59/h4-6,8-9,13-18,26,28,30,33,38,42,48H,7,10,19,21-25,27,29,31,52-54H2,1-3H3,(H,55,60)/t33-,38-,42+,48+/m1/s1. The van der Waals surface area contributed by atoms with E-state index < -0.39 is 41.5 Å². The fourth-order valence-electron chi connectivity index (χ4n) is 7.70. The van der Waals surface area contributed by atoms with Gasteiger partial charge in [-0.2, -0.15) is 5.26 Å². The van der Waals surface area contributed by atoms with Crippen molar-refractivity contribution in [2.24, 2.45) is 29.0 Å². The number of likely N-dealkylation sites (N-methyl/N-ethyl adjacent to an activating group) is 1. The molecule has 0 radical (unpaired) electrons. The Morgan fingerprint density at radius 2 is 1.51 bits per heavy atom. The number of benzene rings is 4. The van der Waals surface area contributed by atoms with Gasteiger partial charge < -0.3 is 36.9 Å². The lowest BCUT2D eigenvalue weighted by Crippen LogP contribution is -2.46. The van der Waals surface area contributed by atoms with Crippen LogP contribution in [0.1, 0.15) is 83.2 Å². The summed E-state index contributed by atoms with van der Waals surface area (Å²) in [5.41, 5.74) is 22.7. The van der Waals surface area contributed by atoms with Crippen molar-refractivity contribution < 1.29 is 33.4 Å². The molecule has 13 heteroatoms. The van der Waals surface area contributed by atoms with Crippen molar-refractivity contribution >= 4 is 29.2 Å². The van der Waals surface area contributed by atoms with E-state index >= 15 is 0 Å². The highest BCUT2D eigenvalue weighted by atomic mass is 16.5. The molecule has 2 amide bonds. The van der Waals surface area contributed by atoms with E-state index in [-0.39, 0.29) is 82.9 Å². The van der Waals surface area contributed by atoms with E-state index in [1.165, 1.54) is 11.9 Å². The van der Waals surface area contributed by atoms with Gasteiger partial charge >= 0.3 is 0 Å². The average molecular weight is 853 g/mol. The summed E-state index contributed by atoms with van der Waals surface area (Å²) in [6, 6.07) is 25.2. The zero-order chi connectivity index (χ0) is 45.5. The first kappa shape index (κ1) is 47.4. The Hall–Kier alpha value is -6.64. The molecule has 0 aromatic heterocycles. The third-order valence-electron chi connectivity index (χ3n) is 11.0. The highest BCUT2D eigenvalue weighted by Gasteiger charge is 2.36. The van der Waals surface area contributed by atoms with Crippen LogP contribution in [0.15, 0.2) is 84.9 Å². The van der Waals surface area contributed by atoms with Gasteiger partial charge in [0.15, 0.2) is 17.3 Å². The molecule has 1 aliphatic rings. The van der Waals surface area contributed by atoms with E-state index in [4.69, 9.17) is 26.7 Å². The highest BCUT2D eigenvalue weighted by Crippen LogP contribution is 2.41. The maximum absolute atomic E-state index is 14.7. The van der Waals surface area contributed by atoms with Gasteiger partial charge in [-0.25, -0.2) is 0 Å². The van der Waals surface area contributed by atoms with Crippen LogP contribution in [0.3, 0.4) is 0 Å². The number of rotatable bonds is 16. The first-order chi connectivity index (χ1) is 30.4. The Bertz CT molecular complexity index is 2400. The molecule has 4 aromatic carbocycles. The maximum Gasteiger partial charge on any atom is 0.226 e. The third kappa shape index (κ3) is 12.5. The molecular weight excluding hydrogens is 797 g/mol. The Morgan fingerprint density at radius 1 is 0.841 bits per heavy atom. The van der Waals surface area contributed by atoms with E-state index in [9.17, 15) is 29.2 Å². The van der Waals surface area contributed by atoms with Gasteiger partial charge in [0.1, 0.15) is 30.8 Å². The number of ether oxygens (including phenoxy) is 2. The number of fused-ring (bicyclic) bond motifs is 5. The lowest BCUT2D eigenvalue weighted by Gasteiger charge is -2.32. The van der Waals surface area contributed by atoms with Crippen molar-refractivity contribution in [1.29, 1.82) is 5.26 Å². The van der Waals surface area contributed by atoms with Crippen LogP contribution < -0.4 is 32.0 Å². The Labute approximate surface area is 369 Å². The predicted octanol–water partition coefficient (Wildman–Crippen LogP) is 4.98. The van der Waals surface area contributed by atoms with Crippen LogP contribution in [0.2, 0.25) is 0 Å². The van der Waals surface area contributed by atoms with Crippen molar-refractivity contribution in [3.63, 3.8) is 0 Å². The van der Waals surface area contributed by atoms with Crippen molar-refractivity contribution in [3.05, 3.63) is 118 Å². The molecule has 0 aliphatic carbocycles. The summed E-state index contributed by atoms with van der Waals surface area (Å²) >= 11 is 0. The number of Topliss-reactive ketones (excluding diaryl/α,β-unsaturated/α-hetero) is 3. The van der Waals surface area contributed by atoms with E-state index in [1.54, 1.807) is 49.4 Å². The molecule has 7 N–H and O–H groups in total. The van der Waals surface area contributed by atoms with Crippen LogP contribution in [0.25, 0.3) is 11.1 Å². The lowest BCUT2D eigenvalue weighted by molar-refractivity contribution is -0.142. The molecule has 4 aromatic rings. The van der Waals surface area contributed by atoms with Gasteiger partial charge in [-0.3, -0.25) is 24.0 Å². The number of nitrogens with two attached hydrogens (primary N) is 3. The first-order valence-corrected chi connectivity index (χ1v) is 21.2. The normalized spacial score (nSPS) is 16.6. The molecule has 4 atom stereocenters. The molecule has 1 aliphatic heterocycles. The van der Waals surface area contributed by atoms with Crippen molar-refractivity contribution in [2.75, 3.05) is 39.9 Å². The van der Waals surface area contributed by atoms with Crippen molar-refractivity contribution in [1.82, 2.24) is 10.2 Å². The van der Waals surface area contributed by atoms with Crippen molar-refractivity contribution in [3.8, 4) is 40.5 Å². The van der Waals surface area contributed by atoms with Gasteiger partial charge in [-0.1, -0.05) is 49.1 Å². The maximum atomic E-state index is 14.7. The van der Waals surface area contributed by atoms with E-state index in [1.807, 2.05) is 55.5 Å². The van der Waals surface area contributed by atoms with Crippen LogP contribution in [0, 0.1) is 41.9 Å². The molecule has 13 nitrogen and oxygen atoms in total. The molecule has 0 fully saturated rings. The summed E-state index contributed by atoms with van der Waals surface area (Å²) in [6.45, 7) is 4.30.